The predicted molar refractivity (Wildman–Crippen MR) is 72.9 cm³/mol. The van der Waals surface area contributed by atoms with E-state index in [1.165, 1.54) is 0 Å². The molecular weight excluding hydrogens is 316 g/mol. The highest BCUT2D eigenvalue weighted by Gasteiger charge is 2.11. The summed E-state index contributed by atoms with van der Waals surface area (Å²) >= 11 is 9.36. The summed E-state index contributed by atoms with van der Waals surface area (Å²) in [6, 6.07) is 9.08. The lowest BCUT2D eigenvalue weighted by Crippen LogP contribution is -1.94. The van der Waals surface area contributed by atoms with Crippen LogP contribution < -0.4 is 4.74 Å². The first kappa shape index (κ1) is 12.9. The highest BCUT2D eigenvalue weighted by molar-refractivity contribution is 9.10. The number of pyridine rings is 1. The average Bonchev–Trinajstić information content (AvgIpc) is 2.34. The number of hydrogen-bond acceptors (Lipinski definition) is 3. The molecule has 0 aliphatic heterocycles. The molecule has 3 nitrogen and oxygen atoms in total. The second-order valence-electron chi connectivity index (χ2n) is 3.60. The molecule has 5 heteroatoms. The van der Waals surface area contributed by atoms with Crippen LogP contribution in [-0.2, 0) is 0 Å². The van der Waals surface area contributed by atoms with E-state index in [-0.39, 0.29) is 5.88 Å². The SMILES string of the molecule is Cc1ccnc(Oc2cc(Br)ccc2Cl)c1C#N. The van der Waals surface area contributed by atoms with E-state index in [1.54, 1.807) is 24.4 Å². The lowest BCUT2D eigenvalue weighted by Gasteiger charge is -2.09. The molecule has 0 amide bonds. The summed E-state index contributed by atoms with van der Waals surface area (Å²) in [5.41, 5.74) is 1.22. The van der Waals surface area contributed by atoms with Crippen molar-refractivity contribution in [2.75, 3.05) is 0 Å². The molecule has 0 fully saturated rings. The normalized spacial score (nSPS) is 9.89. The standard InChI is InChI=1S/C13H8BrClN2O/c1-8-4-5-17-13(10(8)7-16)18-12-6-9(14)2-3-11(12)15/h2-6H,1H3. The van der Waals surface area contributed by atoms with Crippen molar-refractivity contribution in [1.29, 1.82) is 5.26 Å². The average molecular weight is 324 g/mol. The quantitative estimate of drug-likeness (QED) is 0.819. The molecule has 2 rings (SSSR count). The first-order valence-corrected chi connectivity index (χ1v) is 6.27. The van der Waals surface area contributed by atoms with Crippen LogP contribution in [0.2, 0.25) is 5.02 Å². The van der Waals surface area contributed by atoms with Gasteiger partial charge in [0, 0.05) is 10.7 Å². The number of nitriles is 1. The van der Waals surface area contributed by atoms with E-state index in [1.807, 2.05) is 13.0 Å². The molecule has 0 N–H and O–H groups in total. The monoisotopic (exact) mass is 322 g/mol. The van der Waals surface area contributed by atoms with Crippen LogP contribution in [0.4, 0.5) is 0 Å². The number of nitrogens with zero attached hydrogens (tertiary/aromatic N) is 2. The third-order valence-electron chi connectivity index (χ3n) is 2.34. The van der Waals surface area contributed by atoms with Gasteiger partial charge in [0.2, 0.25) is 5.88 Å². The van der Waals surface area contributed by atoms with Crippen LogP contribution in [0, 0.1) is 18.3 Å². The minimum atomic E-state index is 0.262. The Hall–Kier alpha value is -1.57. The second-order valence-corrected chi connectivity index (χ2v) is 4.92. The van der Waals surface area contributed by atoms with Gasteiger partial charge in [-0.25, -0.2) is 4.98 Å². The Morgan fingerprint density at radius 1 is 1.39 bits per heavy atom. The van der Waals surface area contributed by atoms with Gasteiger partial charge in [-0.3, -0.25) is 0 Å². The molecule has 1 heterocycles. The number of halogens is 2. The minimum Gasteiger partial charge on any atom is -0.436 e. The summed E-state index contributed by atoms with van der Waals surface area (Å²) in [7, 11) is 0. The summed E-state index contributed by atoms with van der Waals surface area (Å²) in [4.78, 5) is 4.06. The van der Waals surface area contributed by atoms with Gasteiger partial charge in [0.1, 0.15) is 17.4 Å². The van der Waals surface area contributed by atoms with Gasteiger partial charge in [-0.05, 0) is 36.8 Å². The van der Waals surface area contributed by atoms with E-state index < -0.39 is 0 Å². The lowest BCUT2D eigenvalue weighted by molar-refractivity contribution is 0.460. The number of ether oxygens (including phenoxy) is 1. The fourth-order valence-electron chi connectivity index (χ4n) is 1.41. The first-order chi connectivity index (χ1) is 8.61. The van der Waals surface area contributed by atoms with E-state index in [0.717, 1.165) is 10.0 Å². The number of aromatic nitrogens is 1. The number of hydrogen-bond donors (Lipinski definition) is 0. The highest BCUT2D eigenvalue weighted by atomic mass is 79.9. The van der Waals surface area contributed by atoms with Crippen molar-refractivity contribution in [3.63, 3.8) is 0 Å². The zero-order valence-electron chi connectivity index (χ0n) is 9.45. The molecule has 18 heavy (non-hydrogen) atoms. The van der Waals surface area contributed by atoms with Crippen LogP contribution in [0.15, 0.2) is 34.9 Å². The van der Waals surface area contributed by atoms with E-state index in [9.17, 15) is 0 Å². The number of rotatable bonds is 2. The van der Waals surface area contributed by atoms with Crippen molar-refractivity contribution in [2.45, 2.75) is 6.92 Å². The maximum Gasteiger partial charge on any atom is 0.237 e. The van der Waals surface area contributed by atoms with Gasteiger partial charge in [-0.15, -0.1) is 0 Å². The summed E-state index contributed by atoms with van der Waals surface area (Å²) in [6.45, 7) is 1.83. The molecule has 0 saturated heterocycles. The predicted octanol–water partition coefficient (Wildman–Crippen LogP) is 4.47. The molecule has 0 aliphatic rings. The van der Waals surface area contributed by atoms with Crippen molar-refractivity contribution in [3.8, 4) is 17.7 Å². The molecule has 1 aromatic carbocycles. The van der Waals surface area contributed by atoms with Crippen LogP contribution >= 0.6 is 27.5 Å². The second kappa shape index (κ2) is 5.38. The van der Waals surface area contributed by atoms with Crippen LogP contribution in [0.3, 0.4) is 0 Å². The highest BCUT2D eigenvalue weighted by Crippen LogP contribution is 2.32. The Labute approximate surface area is 118 Å². The Bertz CT molecular complexity index is 637. The third kappa shape index (κ3) is 2.63. The Morgan fingerprint density at radius 2 is 2.17 bits per heavy atom. The van der Waals surface area contributed by atoms with Gasteiger partial charge in [-0.1, -0.05) is 27.5 Å². The summed E-state index contributed by atoms with van der Waals surface area (Å²) < 4.78 is 6.44. The van der Waals surface area contributed by atoms with Crippen molar-refractivity contribution < 1.29 is 4.74 Å². The van der Waals surface area contributed by atoms with Gasteiger partial charge in [0.15, 0.2) is 0 Å². The van der Waals surface area contributed by atoms with Gasteiger partial charge < -0.3 is 4.74 Å². The van der Waals surface area contributed by atoms with E-state index in [4.69, 9.17) is 21.6 Å². The molecule has 0 atom stereocenters. The zero-order chi connectivity index (χ0) is 13.1. The fraction of sp³-hybridized carbons (Fsp3) is 0.0769. The van der Waals surface area contributed by atoms with E-state index in [2.05, 4.69) is 27.0 Å². The van der Waals surface area contributed by atoms with Gasteiger partial charge in [-0.2, -0.15) is 5.26 Å². The van der Waals surface area contributed by atoms with Crippen molar-refractivity contribution in [1.82, 2.24) is 4.98 Å². The fourth-order valence-corrected chi connectivity index (χ4v) is 1.90. The van der Waals surface area contributed by atoms with Gasteiger partial charge in [0.05, 0.1) is 5.02 Å². The number of benzene rings is 1. The molecule has 0 radical (unpaired) electrons. The van der Waals surface area contributed by atoms with Gasteiger partial charge in [0.25, 0.3) is 0 Å². The minimum absolute atomic E-state index is 0.262. The Balaban J connectivity index is 2.44. The van der Waals surface area contributed by atoms with E-state index in [0.29, 0.717) is 16.3 Å². The van der Waals surface area contributed by atoms with Crippen LogP contribution in [-0.4, -0.2) is 4.98 Å². The molecule has 0 unspecified atom stereocenters. The first-order valence-electron chi connectivity index (χ1n) is 5.10. The maximum atomic E-state index is 9.09. The Morgan fingerprint density at radius 3 is 2.89 bits per heavy atom. The molecule has 90 valence electrons. The zero-order valence-corrected chi connectivity index (χ0v) is 11.8. The molecule has 0 saturated carbocycles. The molecule has 1 aromatic heterocycles. The van der Waals surface area contributed by atoms with Crippen molar-refractivity contribution in [3.05, 3.63) is 51.1 Å². The smallest absolute Gasteiger partial charge is 0.237 e. The van der Waals surface area contributed by atoms with Crippen molar-refractivity contribution >= 4 is 27.5 Å². The van der Waals surface area contributed by atoms with Gasteiger partial charge >= 0.3 is 0 Å². The summed E-state index contributed by atoms with van der Waals surface area (Å²) in [5.74, 6) is 0.721. The lowest BCUT2D eigenvalue weighted by atomic mass is 10.2. The topological polar surface area (TPSA) is 45.9 Å². The van der Waals surface area contributed by atoms with Crippen LogP contribution in [0.25, 0.3) is 0 Å². The third-order valence-corrected chi connectivity index (χ3v) is 3.14. The Kier molecular flexibility index (Phi) is 3.85. The van der Waals surface area contributed by atoms with Crippen molar-refractivity contribution in [2.24, 2.45) is 0 Å². The molecule has 0 bridgehead atoms. The maximum absolute atomic E-state index is 9.09. The summed E-state index contributed by atoms with van der Waals surface area (Å²) in [6.07, 6.45) is 1.59. The molecule has 0 aliphatic carbocycles. The largest absolute Gasteiger partial charge is 0.436 e. The number of aryl methyl sites for hydroxylation is 1. The summed E-state index contributed by atoms with van der Waals surface area (Å²) in [5, 5.41) is 9.55. The van der Waals surface area contributed by atoms with Crippen LogP contribution in [0.5, 0.6) is 11.6 Å². The molecular formula is C13H8BrClN2O. The van der Waals surface area contributed by atoms with E-state index >= 15 is 0 Å². The van der Waals surface area contributed by atoms with Crippen LogP contribution in [0.1, 0.15) is 11.1 Å². The molecule has 2 aromatic rings. The molecule has 0 spiro atoms.